The molecule has 0 saturated carbocycles. The Hall–Kier alpha value is -1.71. The molecule has 3 atom stereocenters. The molecular formula is C22H27Cl2NO2. The van der Waals surface area contributed by atoms with Crippen molar-refractivity contribution in [2.75, 3.05) is 6.54 Å². The van der Waals surface area contributed by atoms with Gasteiger partial charge in [0, 0.05) is 10.0 Å². The maximum absolute atomic E-state index is 12.3. The molecule has 0 spiro atoms. The number of nitrogens with zero attached hydrogens (tertiary/aromatic N) is 1. The fraction of sp³-hybridized carbons (Fsp3) is 0.409. The normalized spacial score (nSPS) is 18.6. The predicted molar refractivity (Wildman–Crippen MR) is 113 cm³/mol. The van der Waals surface area contributed by atoms with Gasteiger partial charge in [-0.15, -0.1) is 0 Å². The molecule has 0 N–H and O–H groups in total. The standard InChI is InChI=1S/C21H23Cl2NO2.CH4/c1-14(16-4-8-18(22)9-5-16)3-12-20-13-24(21(25)26-20)15(2)17-6-10-19(23)11-7-17;/h4-11,14-15,20H,3,12-13H2,1-2H3;1H4/t14-,15+,20+;/m1./s1. The van der Waals surface area contributed by atoms with E-state index in [0.29, 0.717) is 17.5 Å². The highest BCUT2D eigenvalue weighted by atomic mass is 35.5. The molecule has 0 unspecified atom stereocenters. The molecule has 2 aromatic rings. The summed E-state index contributed by atoms with van der Waals surface area (Å²) in [6.07, 6.45) is 1.51. The van der Waals surface area contributed by atoms with Gasteiger partial charge in [-0.1, -0.05) is 61.8 Å². The molecule has 0 radical (unpaired) electrons. The van der Waals surface area contributed by atoms with Crippen molar-refractivity contribution < 1.29 is 9.53 Å². The highest BCUT2D eigenvalue weighted by Crippen LogP contribution is 2.30. The summed E-state index contributed by atoms with van der Waals surface area (Å²) in [5.41, 5.74) is 2.31. The van der Waals surface area contributed by atoms with Crippen molar-refractivity contribution in [1.82, 2.24) is 4.90 Å². The number of hydrogen-bond acceptors (Lipinski definition) is 2. The van der Waals surface area contributed by atoms with Gasteiger partial charge in [0.25, 0.3) is 0 Å². The zero-order valence-corrected chi connectivity index (χ0v) is 16.5. The van der Waals surface area contributed by atoms with Gasteiger partial charge in [0.1, 0.15) is 6.10 Å². The minimum atomic E-state index is -0.239. The van der Waals surface area contributed by atoms with Crippen molar-refractivity contribution in [3.8, 4) is 0 Å². The molecule has 0 aromatic heterocycles. The van der Waals surface area contributed by atoms with Crippen molar-refractivity contribution in [1.29, 1.82) is 0 Å². The third-order valence-corrected chi connectivity index (χ3v) is 5.59. The van der Waals surface area contributed by atoms with Gasteiger partial charge in [-0.05, 0) is 61.1 Å². The quantitative estimate of drug-likeness (QED) is 0.510. The van der Waals surface area contributed by atoms with Crippen LogP contribution in [0.25, 0.3) is 0 Å². The van der Waals surface area contributed by atoms with Gasteiger partial charge in [-0.2, -0.15) is 0 Å². The second kappa shape index (κ2) is 9.48. The number of benzene rings is 2. The minimum absolute atomic E-state index is 0. The number of cyclic esters (lactones) is 1. The van der Waals surface area contributed by atoms with E-state index in [0.717, 1.165) is 23.4 Å². The van der Waals surface area contributed by atoms with Crippen LogP contribution in [0.2, 0.25) is 10.0 Å². The van der Waals surface area contributed by atoms with E-state index in [1.54, 1.807) is 4.90 Å². The maximum Gasteiger partial charge on any atom is 0.410 e. The van der Waals surface area contributed by atoms with Crippen LogP contribution < -0.4 is 0 Å². The monoisotopic (exact) mass is 407 g/mol. The number of amides is 1. The zero-order valence-electron chi connectivity index (χ0n) is 15.0. The van der Waals surface area contributed by atoms with Crippen LogP contribution in [-0.2, 0) is 4.74 Å². The Labute approximate surface area is 172 Å². The molecule has 2 aromatic carbocycles. The van der Waals surface area contributed by atoms with Crippen molar-refractivity contribution in [3.63, 3.8) is 0 Å². The zero-order chi connectivity index (χ0) is 18.7. The van der Waals surface area contributed by atoms with Gasteiger partial charge < -0.3 is 4.74 Å². The average Bonchev–Trinajstić information content (AvgIpc) is 3.01. The Morgan fingerprint density at radius 3 is 2.07 bits per heavy atom. The Kier molecular flexibility index (Phi) is 7.58. The lowest BCUT2D eigenvalue weighted by Crippen LogP contribution is -2.28. The summed E-state index contributed by atoms with van der Waals surface area (Å²) in [7, 11) is 0. The first-order chi connectivity index (χ1) is 12.4. The number of ether oxygens (including phenoxy) is 1. The second-order valence-corrected chi connectivity index (χ2v) is 7.79. The molecule has 1 heterocycles. The summed E-state index contributed by atoms with van der Waals surface area (Å²) in [6, 6.07) is 15.5. The SMILES string of the molecule is C.C[C@H](CC[C@H]1CN([C@@H](C)c2ccc(Cl)cc2)C(=O)O1)c1ccc(Cl)cc1. The van der Waals surface area contributed by atoms with Crippen LogP contribution in [0.1, 0.15) is 57.2 Å². The van der Waals surface area contributed by atoms with Crippen LogP contribution in [-0.4, -0.2) is 23.6 Å². The molecule has 1 saturated heterocycles. The molecule has 3 rings (SSSR count). The van der Waals surface area contributed by atoms with Gasteiger partial charge in [-0.3, -0.25) is 4.90 Å². The number of rotatable bonds is 6. The number of carbonyl (C=O) groups excluding carboxylic acids is 1. The largest absolute Gasteiger partial charge is 0.444 e. The Morgan fingerprint density at radius 2 is 1.52 bits per heavy atom. The van der Waals surface area contributed by atoms with E-state index in [1.807, 2.05) is 43.3 Å². The number of halogens is 2. The third-order valence-electron chi connectivity index (χ3n) is 5.08. The first kappa shape index (κ1) is 21.6. The van der Waals surface area contributed by atoms with Crippen molar-refractivity contribution in [3.05, 3.63) is 69.7 Å². The van der Waals surface area contributed by atoms with Crippen molar-refractivity contribution in [2.45, 2.75) is 52.2 Å². The smallest absolute Gasteiger partial charge is 0.410 e. The van der Waals surface area contributed by atoms with E-state index < -0.39 is 0 Å². The molecule has 0 aliphatic carbocycles. The molecule has 0 bridgehead atoms. The van der Waals surface area contributed by atoms with E-state index in [2.05, 4.69) is 19.1 Å². The van der Waals surface area contributed by atoms with Crippen LogP contribution >= 0.6 is 23.2 Å². The van der Waals surface area contributed by atoms with Gasteiger partial charge in [0.2, 0.25) is 0 Å². The van der Waals surface area contributed by atoms with Gasteiger partial charge in [0.15, 0.2) is 0 Å². The molecule has 5 heteroatoms. The van der Waals surface area contributed by atoms with E-state index in [4.69, 9.17) is 27.9 Å². The highest BCUT2D eigenvalue weighted by Gasteiger charge is 2.34. The number of hydrogen-bond donors (Lipinski definition) is 0. The summed E-state index contributed by atoms with van der Waals surface area (Å²) in [5.74, 6) is 0.397. The molecule has 1 fully saturated rings. The van der Waals surface area contributed by atoms with Crippen LogP contribution in [0.4, 0.5) is 4.79 Å². The highest BCUT2D eigenvalue weighted by molar-refractivity contribution is 6.30. The minimum Gasteiger partial charge on any atom is -0.444 e. The molecule has 1 aliphatic rings. The molecule has 146 valence electrons. The average molecular weight is 408 g/mol. The Bertz CT molecular complexity index is 746. The molecule has 27 heavy (non-hydrogen) atoms. The molecular weight excluding hydrogens is 381 g/mol. The Morgan fingerprint density at radius 1 is 1.00 bits per heavy atom. The molecule has 1 aliphatic heterocycles. The fourth-order valence-electron chi connectivity index (χ4n) is 3.32. The summed E-state index contributed by atoms with van der Waals surface area (Å²) < 4.78 is 5.59. The van der Waals surface area contributed by atoms with E-state index >= 15 is 0 Å². The van der Waals surface area contributed by atoms with E-state index in [1.165, 1.54) is 5.56 Å². The first-order valence-corrected chi connectivity index (χ1v) is 9.68. The summed E-state index contributed by atoms with van der Waals surface area (Å²) in [4.78, 5) is 14.1. The topological polar surface area (TPSA) is 29.5 Å². The first-order valence-electron chi connectivity index (χ1n) is 8.92. The second-order valence-electron chi connectivity index (χ2n) is 6.92. The van der Waals surface area contributed by atoms with Crippen LogP contribution in [0.3, 0.4) is 0 Å². The Balaban J connectivity index is 0.00000261. The van der Waals surface area contributed by atoms with Gasteiger partial charge >= 0.3 is 6.09 Å². The number of carbonyl (C=O) groups is 1. The lowest BCUT2D eigenvalue weighted by Gasteiger charge is -2.22. The lowest BCUT2D eigenvalue weighted by molar-refractivity contribution is 0.124. The third kappa shape index (κ3) is 5.40. The fourth-order valence-corrected chi connectivity index (χ4v) is 3.57. The summed E-state index contributed by atoms with van der Waals surface area (Å²) >= 11 is 11.9. The molecule has 3 nitrogen and oxygen atoms in total. The summed E-state index contributed by atoms with van der Waals surface area (Å²) in [6.45, 7) is 4.83. The van der Waals surface area contributed by atoms with Gasteiger partial charge in [0.05, 0.1) is 12.6 Å². The van der Waals surface area contributed by atoms with E-state index in [-0.39, 0.29) is 25.7 Å². The van der Waals surface area contributed by atoms with Crippen molar-refractivity contribution in [2.24, 2.45) is 0 Å². The molecule has 1 amide bonds. The maximum atomic E-state index is 12.3. The predicted octanol–water partition coefficient (Wildman–Crippen LogP) is 7.10. The van der Waals surface area contributed by atoms with Crippen molar-refractivity contribution >= 4 is 29.3 Å². The lowest BCUT2D eigenvalue weighted by atomic mass is 9.95. The van der Waals surface area contributed by atoms with Crippen LogP contribution in [0.15, 0.2) is 48.5 Å². The summed E-state index contributed by atoms with van der Waals surface area (Å²) in [5, 5.41) is 1.44. The van der Waals surface area contributed by atoms with Crippen LogP contribution in [0, 0.1) is 0 Å². The van der Waals surface area contributed by atoms with E-state index in [9.17, 15) is 4.79 Å². The van der Waals surface area contributed by atoms with Gasteiger partial charge in [-0.25, -0.2) is 4.79 Å². The van der Waals surface area contributed by atoms with Crippen LogP contribution in [0.5, 0.6) is 0 Å².